The zero-order valence-corrected chi connectivity index (χ0v) is 17.2. The van der Waals surface area contributed by atoms with E-state index in [1.165, 1.54) is 0 Å². The molecule has 2 aromatic rings. The van der Waals surface area contributed by atoms with Gasteiger partial charge in [-0.1, -0.05) is 6.92 Å². The van der Waals surface area contributed by atoms with Gasteiger partial charge in [-0.15, -0.1) is 0 Å². The summed E-state index contributed by atoms with van der Waals surface area (Å²) in [5.41, 5.74) is 2.06. The highest BCUT2D eigenvalue weighted by Crippen LogP contribution is 2.23. The number of rotatable bonds is 6. The van der Waals surface area contributed by atoms with Crippen molar-refractivity contribution < 1.29 is 14.3 Å². The first kappa shape index (κ1) is 20.0. The minimum atomic E-state index is -0.0525. The molecule has 0 unspecified atom stereocenters. The average molecular weight is 386 g/mol. The molecule has 0 saturated carbocycles. The number of amides is 2. The van der Waals surface area contributed by atoms with Crippen molar-refractivity contribution in [3.63, 3.8) is 0 Å². The number of nitrogens with zero attached hydrogens (tertiary/aromatic N) is 3. The van der Waals surface area contributed by atoms with Gasteiger partial charge in [0.15, 0.2) is 0 Å². The minimum absolute atomic E-state index is 0.0525. The van der Waals surface area contributed by atoms with Crippen molar-refractivity contribution in [2.75, 3.05) is 32.1 Å². The Balaban J connectivity index is 1.46. The third kappa shape index (κ3) is 4.58. The van der Waals surface area contributed by atoms with Crippen LogP contribution in [0.2, 0.25) is 0 Å². The van der Waals surface area contributed by atoms with Gasteiger partial charge in [-0.05, 0) is 56.4 Å². The summed E-state index contributed by atoms with van der Waals surface area (Å²) in [6, 6.07) is 7.58. The third-order valence-electron chi connectivity index (χ3n) is 5.39. The van der Waals surface area contributed by atoms with Crippen LogP contribution in [0, 0.1) is 12.8 Å². The van der Waals surface area contributed by atoms with Crippen molar-refractivity contribution in [1.82, 2.24) is 14.7 Å². The molecule has 0 spiro atoms. The second-order valence-electron chi connectivity index (χ2n) is 7.24. The van der Waals surface area contributed by atoms with Crippen LogP contribution in [-0.2, 0) is 13.5 Å². The summed E-state index contributed by atoms with van der Waals surface area (Å²) in [5.74, 6) is 2.91. The van der Waals surface area contributed by atoms with Crippen molar-refractivity contribution >= 4 is 11.8 Å². The smallest absolute Gasteiger partial charge is 0.323 e. The van der Waals surface area contributed by atoms with Gasteiger partial charge in [0, 0.05) is 25.7 Å². The number of piperidine rings is 1. The number of methoxy groups -OCH3 is 1. The highest BCUT2D eigenvalue weighted by molar-refractivity contribution is 5.89. The van der Waals surface area contributed by atoms with E-state index >= 15 is 0 Å². The third-order valence-corrected chi connectivity index (χ3v) is 5.39. The molecule has 0 bridgehead atoms. The standard InChI is InChI=1S/C21H30N4O3/c1-5-19-15(2)20(24(3)23-19)22-21(26)25-12-10-16(11-13-25)14-28-18-8-6-17(27-4)7-9-18/h6-9,16H,5,10-14H2,1-4H3,(H,22,26). The molecule has 1 aromatic carbocycles. The fraction of sp³-hybridized carbons (Fsp3) is 0.524. The monoisotopic (exact) mass is 386 g/mol. The van der Waals surface area contributed by atoms with Crippen LogP contribution in [0.4, 0.5) is 10.6 Å². The van der Waals surface area contributed by atoms with Gasteiger partial charge >= 0.3 is 6.03 Å². The number of hydrogen-bond donors (Lipinski definition) is 1. The van der Waals surface area contributed by atoms with Crippen LogP contribution in [0.5, 0.6) is 11.5 Å². The predicted molar refractivity (Wildman–Crippen MR) is 109 cm³/mol. The van der Waals surface area contributed by atoms with Gasteiger partial charge in [0.1, 0.15) is 17.3 Å². The molecule has 0 radical (unpaired) electrons. The van der Waals surface area contributed by atoms with E-state index in [9.17, 15) is 4.79 Å². The Morgan fingerprint density at radius 3 is 2.43 bits per heavy atom. The fourth-order valence-corrected chi connectivity index (χ4v) is 3.57. The molecule has 1 saturated heterocycles. The lowest BCUT2D eigenvalue weighted by Gasteiger charge is -2.32. The first-order chi connectivity index (χ1) is 13.5. The molecule has 28 heavy (non-hydrogen) atoms. The minimum Gasteiger partial charge on any atom is -0.497 e. The normalized spacial score (nSPS) is 14.8. The number of benzene rings is 1. The number of urea groups is 1. The number of aryl methyl sites for hydroxylation is 2. The number of likely N-dealkylation sites (tertiary alicyclic amines) is 1. The average Bonchev–Trinajstić information content (AvgIpc) is 3.00. The Labute approximate surface area is 166 Å². The van der Waals surface area contributed by atoms with E-state index < -0.39 is 0 Å². The molecule has 1 aliphatic heterocycles. The molecule has 7 nitrogen and oxygen atoms in total. The quantitative estimate of drug-likeness (QED) is 0.823. The highest BCUT2D eigenvalue weighted by atomic mass is 16.5. The van der Waals surface area contributed by atoms with Gasteiger partial charge in [0.2, 0.25) is 0 Å². The molecule has 1 aromatic heterocycles. The van der Waals surface area contributed by atoms with Crippen LogP contribution >= 0.6 is 0 Å². The second-order valence-corrected chi connectivity index (χ2v) is 7.24. The number of anilines is 1. The van der Waals surface area contributed by atoms with Gasteiger partial charge < -0.3 is 14.4 Å². The van der Waals surface area contributed by atoms with Crippen LogP contribution in [-0.4, -0.2) is 47.5 Å². The summed E-state index contributed by atoms with van der Waals surface area (Å²) >= 11 is 0. The van der Waals surface area contributed by atoms with Crippen molar-refractivity contribution in [3.05, 3.63) is 35.5 Å². The lowest BCUT2D eigenvalue weighted by atomic mass is 9.98. The molecule has 1 N–H and O–H groups in total. The molecule has 0 aliphatic carbocycles. The number of carbonyl (C=O) groups excluding carboxylic acids is 1. The molecule has 2 heterocycles. The van der Waals surface area contributed by atoms with Gasteiger partial charge in [-0.25, -0.2) is 4.79 Å². The van der Waals surface area contributed by atoms with Gasteiger partial charge in [-0.3, -0.25) is 10.00 Å². The van der Waals surface area contributed by atoms with E-state index in [2.05, 4.69) is 17.3 Å². The molecular formula is C21H30N4O3. The number of aromatic nitrogens is 2. The lowest BCUT2D eigenvalue weighted by Crippen LogP contribution is -2.42. The highest BCUT2D eigenvalue weighted by Gasteiger charge is 2.24. The number of ether oxygens (including phenoxy) is 2. The Hall–Kier alpha value is -2.70. The number of hydrogen-bond acceptors (Lipinski definition) is 4. The Bertz CT molecular complexity index is 793. The SMILES string of the molecule is CCc1nn(C)c(NC(=O)N2CCC(COc3ccc(OC)cc3)CC2)c1C. The molecule has 2 amide bonds. The molecule has 7 heteroatoms. The maximum absolute atomic E-state index is 12.6. The van der Waals surface area contributed by atoms with Gasteiger partial charge in [0.05, 0.1) is 19.4 Å². The summed E-state index contributed by atoms with van der Waals surface area (Å²) in [4.78, 5) is 14.5. The second kappa shape index (κ2) is 8.99. The molecule has 1 aliphatic rings. The Morgan fingerprint density at radius 2 is 1.86 bits per heavy atom. The van der Waals surface area contributed by atoms with Crippen LogP contribution in [0.15, 0.2) is 24.3 Å². The summed E-state index contributed by atoms with van der Waals surface area (Å²) in [6.07, 6.45) is 2.73. The fourth-order valence-electron chi connectivity index (χ4n) is 3.57. The van der Waals surface area contributed by atoms with E-state index in [4.69, 9.17) is 9.47 Å². The van der Waals surface area contributed by atoms with Crippen LogP contribution in [0.25, 0.3) is 0 Å². The Morgan fingerprint density at radius 1 is 1.21 bits per heavy atom. The summed E-state index contributed by atoms with van der Waals surface area (Å²) in [7, 11) is 3.52. The molecular weight excluding hydrogens is 356 g/mol. The van der Waals surface area contributed by atoms with E-state index in [1.54, 1.807) is 11.8 Å². The van der Waals surface area contributed by atoms with E-state index in [1.807, 2.05) is 43.1 Å². The van der Waals surface area contributed by atoms with Crippen molar-refractivity contribution in [1.29, 1.82) is 0 Å². The largest absolute Gasteiger partial charge is 0.497 e. The summed E-state index contributed by atoms with van der Waals surface area (Å²) < 4.78 is 12.8. The lowest BCUT2D eigenvalue weighted by molar-refractivity contribution is 0.152. The van der Waals surface area contributed by atoms with E-state index in [0.29, 0.717) is 12.5 Å². The van der Waals surface area contributed by atoms with Crippen LogP contribution < -0.4 is 14.8 Å². The zero-order valence-electron chi connectivity index (χ0n) is 17.2. The number of nitrogens with one attached hydrogen (secondary N) is 1. The van der Waals surface area contributed by atoms with Crippen LogP contribution in [0.1, 0.15) is 31.0 Å². The van der Waals surface area contributed by atoms with Gasteiger partial charge in [0.25, 0.3) is 0 Å². The van der Waals surface area contributed by atoms with Crippen LogP contribution in [0.3, 0.4) is 0 Å². The van der Waals surface area contributed by atoms with E-state index in [-0.39, 0.29) is 6.03 Å². The first-order valence-electron chi connectivity index (χ1n) is 9.87. The van der Waals surface area contributed by atoms with Crippen molar-refractivity contribution in [3.8, 4) is 11.5 Å². The predicted octanol–water partition coefficient (Wildman–Crippen LogP) is 3.62. The molecule has 152 valence electrons. The molecule has 3 rings (SSSR count). The number of carbonyl (C=O) groups is 1. The molecule has 0 atom stereocenters. The topological polar surface area (TPSA) is 68.6 Å². The van der Waals surface area contributed by atoms with Crippen molar-refractivity contribution in [2.24, 2.45) is 13.0 Å². The Kier molecular flexibility index (Phi) is 6.44. The first-order valence-corrected chi connectivity index (χ1v) is 9.87. The maximum Gasteiger partial charge on any atom is 0.323 e. The maximum atomic E-state index is 12.6. The summed E-state index contributed by atoms with van der Waals surface area (Å²) in [5, 5.41) is 7.49. The molecule has 1 fully saturated rings. The van der Waals surface area contributed by atoms with Crippen molar-refractivity contribution in [2.45, 2.75) is 33.1 Å². The van der Waals surface area contributed by atoms with E-state index in [0.717, 1.165) is 60.9 Å². The summed E-state index contributed by atoms with van der Waals surface area (Å²) in [6.45, 7) is 6.21. The van der Waals surface area contributed by atoms with Gasteiger partial charge in [-0.2, -0.15) is 5.10 Å². The zero-order chi connectivity index (χ0) is 20.1.